The number of amides is 3. The van der Waals surface area contributed by atoms with Crippen LogP contribution < -0.4 is 21.1 Å². The second kappa shape index (κ2) is 6.12. The number of ether oxygens (including phenoxy) is 1. The predicted molar refractivity (Wildman–Crippen MR) is 75.4 cm³/mol. The Kier molecular flexibility index (Phi) is 4.75. The Bertz CT molecular complexity index is 583. The van der Waals surface area contributed by atoms with E-state index in [1.807, 2.05) is 0 Å². The maximum absolute atomic E-state index is 11.8. The number of hydrogen-bond acceptors (Lipinski definition) is 4. The van der Waals surface area contributed by atoms with Crippen LogP contribution in [0.3, 0.4) is 0 Å². The van der Waals surface area contributed by atoms with Crippen molar-refractivity contribution in [2.45, 2.75) is 19.4 Å². The molecule has 0 heterocycles. The minimum atomic E-state index is -1.21. The molecule has 0 aliphatic rings. The summed E-state index contributed by atoms with van der Waals surface area (Å²) in [5, 5.41) is 13.8. The van der Waals surface area contributed by atoms with Gasteiger partial charge in [0, 0.05) is 11.8 Å². The van der Waals surface area contributed by atoms with Crippen LogP contribution in [0.25, 0.3) is 0 Å². The smallest absolute Gasteiger partial charge is 0.339 e. The van der Waals surface area contributed by atoms with E-state index in [1.165, 1.54) is 39.2 Å². The lowest BCUT2D eigenvalue weighted by Gasteiger charge is -2.22. The summed E-state index contributed by atoms with van der Waals surface area (Å²) in [6.07, 6.45) is 0. The van der Waals surface area contributed by atoms with E-state index < -0.39 is 23.4 Å². The van der Waals surface area contributed by atoms with Gasteiger partial charge < -0.3 is 26.2 Å². The van der Waals surface area contributed by atoms with Crippen molar-refractivity contribution in [1.29, 1.82) is 0 Å². The number of carbonyl (C=O) groups excluding carboxylic acids is 2. The molecule has 0 saturated carbocycles. The van der Waals surface area contributed by atoms with E-state index in [4.69, 9.17) is 15.6 Å². The molecule has 1 rings (SSSR count). The fourth-order valence-electron chi connectivity index (χ4n) is 1.45. The molecule has 1 aromatic carbocycles. The van der Waals surface area contributed by atoms with E-state index in [0.717, 1.165) is 0 Å². The zero-order valence-corrected chi connectivity index (χ0v) is 11.9. The first kappa shape index (κ1) is 16.3. The van der Waals surface area contributed by atoms with E-state index >= 15 is 0 Å². The number of nitrogens with one attached hydrogen (secondary N) is 2. The van der Waals surface area contributed by atoms with Gasteiger partial charge in [-0.15, -0.1) is 0 Å². The molecular weight excluding hydrogens is 278 g/mol. The maximum atomic E-state index is 11.8. The molecule has 0 atom stereocenters. The van der Waals surface area contributed by atoms with Gasteiger partial charge in [-0.1, -0.05) is 0 Å². The van der Waals surface area contributed by atoms with Crippen LogP contribution in [-0.2, 0) is 4.79 Å². The Morgan fingerprint density at radius 2 is 1.90 bits per heavy atom. The first-order chi connectivity index (χ1) is 9.67. The SMILES string of the molecule is COc1cc(NC(=O)NC(C)(C)C(N)=O)ccc1C(=O)O. The monoisotopic (exact) mass is 295 g/mol. The van der Waals surface area contributed by atoms with Crippen molar-refractivity contribution in [3.05, 3.63) is 23.8 Å². The van der Waals surface area contributed by atoms with Crippen LogP contribution in [0.2, 0.25) is 0 Å². The van der Waals surface area contributed by atoms with Crippen LogP contribution in [0.4, 0.5) is 10.5 Å². The summed E-state index contributed by atoms with van der Waals surface area (Å²) >= 11 is 0. The summed E-state index contributed by atoms with van der Waals surface area (Å²) in [4.78, 5) is 33.8. The van der Waals surface area contributed by atoms with Crippen molar-refractivity contribution in [2.75, 3.05) is 12.4 Å². The van der Waals surface area contributed by atoms with E-state index in [1.54, 1.807) is 0 Å². The van der Waals surface area contributed by atoms with Gasteiger partial charge in [0.25, 0.3) is 0 Å². The number of hydrogen-bond donors (Lipinski definition) is 4. The lowest BCUT2D eigenvalue weighted by atomic mass is 10.1. The minimum absolute atomic E-state index is 0.0269. The van der Waals surface area contributed by atoms with Crippen LogP contribution in [0.5, 0.6) is 5.75 Å². The van der Waals surface area contributed by atoms with E-state index in [0.29, 0.717) is 5.69 Å². The van der Waals surface area contributed by atoms with Gasteiger partial charge in [0.2, 0.25) is 5.91 Å². The number of carboxylic acids is 1. The Hall–Kier alpha value is -2.77. The van der Waals surface area contributed by atoms with Gasteiger partial charge in [0.15, 0.2) is 0 Å². The summed E-state index contributed by atoms with van der Waals surface area (Å²) in [7, 11) is 1.32. The molecule has 21 heavy (non-hydrogen) atoms. The molecule has 0 saturated heterocycles. The molecule has 0 aliphatic carbocycles. The van der Waals surface area contributed by atoms with Crippen molar-refractivity contribution < 1.29 is 24.2 Å². The van der Waals surface area contributed by atoms with Crippen molar-refractivity contribution in [3.8, 4) is 5.75 Å². The number of benzene rings is 1. The summed E-state index contributed by atoms with van der Waals surface area (Å²) in [6.45, 7) is 2.92. The molecular formula is C13H17N3O5. The molecule has 0 unspecified atom stereocenters. The number of nitrogens with two attached hydrogens (primary N) is 1. The Balaban J connectivity index is 2.87. The number of rotatable bonds is 5. The van der Waals surface area contributed by atoms with Crippen LogP contribution in [0.15, 0.2) is 18.2 Å². The highest BCUT2D eigenvalue weighted by molar-refractivity contribution is 5.96. The molecule has 3 amide bonds. The van der Waals surface area contributed by atoms with E-state index in [2.05, 4.69) is 10.6 Å². The van der Waals surface area contributed by atoms with Gasteiger partial charge >= 0.3 is 12.0 Å². The Morgan fingerprint density at radius 1 is 1.29 bits per heavy atom. The van der Waals surface area contributed by atoms with Gasteiger partial charge in [0.05, 0.1) is 7.11 Å². The third-order valence-electron chi connectivity index (χ3n) is 2.73. The zero-order valence-electron chi connectivity index (χ0n) is 11.9. The van der Waals surface area contributed by atoms with Crippen LogP contribution >= 0.6 is 0 Å². The van der Waals surface area contributed by atoms with Gasteiger partial charge in [-0.2, -0.15) is 0 Å². The van der Waals surface area contributed by atoms with Crippen molar-refractivity contribution in [1.82, 2.24) is 5.32 Å². The number of aromatic carboxylic acids is 1. The molecule has 114 valence electrons. The highest BCUT2D eigenvalue weighted by atomic mass is 16.5. The van der Waals surface area contributed by atoms with E-state index in [-0.39, 0.29) is 11.3 Å². The van der Waals surface area contributed by atoms with Crippen LogP contribution in [0.1, 0.15) is 24.2 Å². The quantitative estimate of drug-likeness (QED) is 0.637. The number of carboxylic acid groups (broad SMARTS) is 1. The number of urea groups is 1. The van der Waals surface area contributed by atoms with E-state index in [9.17, 15) is 14.4 Å². The summed E-state index contributed by atoms with van der Waals surface area (Å²) < 4.78 is 4.94. The lowest BCUT2D eigenvalue weighted by Crippen LogP contribution is -2.54. The number of anilines is 1. The van der Waals surface area contributed by atoms with Crippen molar-refractivity contribution >= 4 is 23.6 Å². The number of methoxy groups -OCH3 is 1. The predicted octanol–water partition coefficient (Wildman–Crippen LogP) is 0.779. The first-order valence-electron chi connectivity index (χ1n) is 5.98. The van der Waals surface area contributed by atoms with Gasteiger partial charge in [-0.25, -0.2) is 9.59 Å². The second-order valence-corrected chi connectivity index (χ2v) is 4.79. The van der Waals surface area contributed by atoms with Gasteiger partial charge in [-0.3, -0.25) is 4.79 Å². The highest BCUT2D eigenvalue weighted by Gasteiger charge is 2.26. The zero-order chi connectivity index (χ0) is 16.2. The Labute approximate surface area is 121 Å². The number of carbonyl (C=O) groups is 3. The molecule has 8 heteroatoms. The standard InChI is InChI=1S/C13H17N3O5/c1-13(2,11(14)19)16-12(20)15-7-4-5-8(10(17)18)9(6-7)21-3/h4-6H,1-3H3,(H2,14,19)(H,17,18)(H2,15,16,20). The molecule has 1 aromatic rings. The molecule has 8 nitrogen and oxygen atoms in total. The molecule has 0 bridgehead atoms. The fraction of sp³-hybridized carbons (Fsp3) is 0.308. The van der Waals surface area contributed by atoms with Crippen LogP contribution in [-0.4, -0.2) is 35.7 Å². The third kappa shape index (κ3) is 4.10. The van der Waals surface area contributed by atoms with Gasteiger partial charge in [-0.05, 0) is 26.0 Å². The molecule has 0 aromatic heterocycles. The number of primary amides is 1. The normalized spacial score (nSPS) is 10.6. The van der Waals surface area contributed by atoms with Crippen molar-refractivity contribution in [3.63, 3.8) is 0 Å². The summed E-state index contributed by atoms with van der Waals surface area (Å²) in [5.74, 6) is -1.72. The molecule has 0 radical (unpaired) electrons. The average Bonchev–Trinajstić information content (AvgIpc) is 2.37. The minimum Gasteiger partial charge on any atom is -0.496 e. The highest BCUT2D eigenvalue weighted by Crippen LogP contribution is 2.23. The van der Waals surface area contributed by atoms with Crippen LogP contribution in [0, 0.1) is 0 Å². The van der Waals surface area contributed by atoms with Gasteiger partial charge in [0.1, 0.15) is 16.9 Å². The summed E-state index contributed by atoms with van der Waals surface area (Å²) in [5.41, 5.74) is 4.22. The largest absolute Gasteiger partial charge is 0.496 e. The summed E-state index contributed by atoms with van der Waals surface area (Å²) in [6, 6.07) is 3.42. The molecule has 0 aliphatic heterocycles. The second-order valence-electron chi connectivity index (χ2n) is 4.79. The third-order valence-corrected chi connectivity index (χ3v) is 2.73. The lowest BCUT2D eigenvalue weighted by molar-refractivity contribution is -0.122. The molecule has 0 spiro atoms. The average molecular weight is 295 g/mol. The first-order valence-corrected chi connectivity index (χ1v) is 5.98. The fourth-order valence-corrected chi connectivity index (χ4v) is 1.45. The maximum Gasteiger partial charge on any atom is 0.339 e. The molecule has 5 N–H and O–H groups in total. The Morgan fingerprint density at radius 3 is 2.38 bits per heavy atom. The van der Waals surface area contributed by atoms with Crippen molar-refractivity contribution in [2.24, 2.45) is 5.73 Å². The molecule has 0 fully saturated rings. The topological polar surface area (TPSA) is 131 Å².